The molecule has 5 heteroatoms. The van der Waals surface area contributed by atoms with Crippen LogP contribution in [0, 0.1) is 0 Å². The Hall–Kier alpha value is -1.75. The molecule has 1 heterocycles. The standard InChI is InChI=1S/C15H23N3O2/c1-3-17-8-9-18(10-12(17)2)15(19)11-20-14-6-4-13(16)5-7-14/h4-7,12H,3,8-11,16H2,1-2H3. The van der Waals surface area contributed by atoms with E-state index >= 15 is 0 Å². The Balaban J connectivity index is 1.82. The summed E-state index contributed by atoms with van der Waals surface area (Å²) in [6.07, 6.45) is 0. The Kier molecular flexibility index (Phi) is 4.84. The molecule has 1 atom stereocenters. The van der Waals surface area contributed by atoms with Crippen LogP contribution in [0.3, 0.4) is 0 Å². The third-order valence-corrected chi connectivity index (χ3v) is 3.77. The van der Waals surface area contributed by atoms with E-state index < -0.39 is 0 Å². The fourth-order valence-corrected chi connectivity index (χ4v) is 2.49. The molecule has 1 aliphatic rings. The maximum atomic E-state index is 12.1. The molecular formula is C15H23N3O2. The average molecular weight is 277 g/mol. The van der Waals surface area contributed by atoms with E-state index in [9.17, 15) is 4.79 Å². The highest BCUT2D eigenvalue weighted by atomic mass is 16.5. The number of nitrogens with zero attached hydrogens (tertiary/aromatic N) is 2. The summed E-state index contributed by atoms with van der Waals surface area (Å²) in [7, 11) is 0. The molecule has 1 saturated heterocycles. The van der Waals surface area contributed by atoms with Crippen LogP contribution in [0.5, 0.6) is 5.75 Å². The molecule has 20 heavy (non-hydrogen) atoms. The molecule has 1 aromatic rings. The van der Waals surface area contributed by atoms with Crippen LogP contribution in [-0.4, -0.2) is 54.5 Å². The molecule has 0 aliphatic carbocycles. The van der Waals surface area contributed by atoms with Crippen LogP contribution in [0.1, 0.15) is 13.8 Å². The van der Waals surface area contributed by atoms with Crippen LogP contribution in [0.4, 0.5) is 5.69 Å². The van der Waals surface area contributed by atoms with Gasteiger partial charge in [0, 0.05) is 31.4 Å². The van der Waals surface area contributed by atoms with Crippen molar-refractivity contribution in [2.24, 2.45) is 0 Å². The van der Waals surface area contributed by atoms with Crippen LogP contribution >= 0.6 is 0 Å². The van der Waals surface area contributed by atoms with E-state index in [1.54, 1.807) is 24.3 Å². The van der Waals surface area contributed by atoms with E-state index in [1.807, 2.05) is 4.90 Å². The van der Waals surface area contributed by atoms with Crippen molar-refractivity contribution in [3.8, 4) is 5.75 Å². The third-order valence-electron chi connectivity index (χ3n) is 3.77. The van der Waals surface area contributed by atoms with E-state index in [4.69, 9.17) is 10.5 Å². The van der Waals surface area contributed by atoms with Crippen molar-refractivity contribution in [1.29, 1.82) is 0 Å². The molecule has 1 amide bonds. The fourth-order valence-electron chi connectivity index (χ4n) is 2.49. The van der Waals surface area contributed by atoms with Gasteiger partial charge < -0.3 is 15.4 Å². The number of hydrogen-bond donors (Lipinski definition) is 1. The maximum absolute atomic E-state index is 12.1. The third kappa shape index (κ3) is 3.63. The largest absolute Gasteiger partial charge is 0.484 e. The van der Waals surface area contributed by atoms with Gasteiger partial charge in [-0.15, -0.1) is 0 Å². The molecule has 1 aromatic carbocycles. The molecule has 1 fully saturated rings. The second-order valence-corrected chi connectivity index (χ2v) is 5.18. The number of carbonyl (C=O) groups is 1. The summed E-state index contributed by atoms with van der Waals surface area (Å²) in [5.74, 6) is 0.720. The van der Waals surface area contributed by atoms with Crippen LogP contribution in [-0.2, 0) is 4.79 Å². The van der Waals surface area contributed by atoms with Gasteiger partial charge in [-0.05, 0) is 37.7 Å². The minimum Gasteiger partial charge on any atom is -0.484 e. The van der Waals surface area contributed by atoms with Crippen molar-refractivity contribution in [3.63, 3.8) is 0 Å². The molecule has 5 nitrogen and oxygen atoms in total. The first kappa shape index (κ1) is 14.7. The molecule has 1 unspecified atom stereocenters. The van der Waals surface area contributed by atoms with E-state index in [0.717, 1.165) is 26.2 Å². The summed E-state index contributed by atoms with van der Waals surface area (Å²) < 4.78 is 5.50. The first-order chi connectivity index (χ1) is 9.60. The molecule has 0 spiro atoms. The number of rotatable bonds is 4. The number of anilines is 1. The van der Waals surface area contributed by atoms with Gasteiger partial charge in [-0.3, -0.25) is 9.69 Å². The Bertz CT molecular complexity index is 447. The van der Waals surface area contributed by atoms with Crippen LogP contribution < -0.4 is 10.5 Å². The topological polar surface area (TPSA) is 58.8 Å². The van der Waals surface area contributed by atoms with Gasteiger partial charge in [0.05, 0.1) is 0 Å². The Labute approximate surface area is 120 Å². The summed E-state index contributed by atoms with van der Waals surface area (Å²) in [5, 5.41) is 0. The van der Waals surface area contributed by atoms with Gasteiger partial charge in [-0.2, -0.15) is 0 Å². The van der Waals surface area contributed by atoms with Crippen molar-refractivity contribution < 1.29 is 9.53 Å². The molecule has 1 aliphatic heterocycles. The van der Waals surface area contributed by atoms with Crippen molar-refractivity contribution >= 4 is 11.6 Å². The number of likely N-dealkylation sites (N-methyl/N-ethyl adjacent to an activating group) is 1. The molecule has 2 rings (SSSR count). The number of piperazine rings is 1. The number of carbonyl (C=O) groups excluding carboxylic acids is 1. The molecule has 0 radical (unpaired) electrons. The number of nitrogen functional groups attached to an aromatic ring is 1. The Morgan fingerprint density at radius 3 is 2.65 bits per heavy atom. The summed E-state index contributed by atoms with van der Waals surface area (Å²) in [6.45, 7) is 7.92. The minimum atomic E-state index is 0.0458. The monoisotopic (exact) mass is 277 g/mol. The number of amides is 1. The molecule has 0 aromatic heterocycles. The van der Waals surface area contributed by atoms with E-state index in [0.29, 0.717) is 17.5 Å². The van der Waals surface area contributed by atoms with Gasteiger partial charge in [0.25, 0.3) is 5.91 Å². The van der Waals surface area contributed by atoms with Crippen LogP contribution in [0.25, 0.3) is 0 Å². The van der Waals surface area contributed by atoms with Gasteiger partial charge >= 0.3 is 0 Å². The van der Waals surface area contributed by atoms with Crippen molar-refractivity contribution in [2.75, 3.05) is 38.5 Å². The van der Waals surface area contributed by atoms with Crippen molar-refractivity contribution in [1.82, 2.24) is 9.80 Å². The second kappa shape index (κ2) is 6.61. The molecule has 0 saturated carbocycles. The van der Waals surface area contributed by atoms with Crippen LogP contribution in [0.15, 0.2) is 24.3 Å². The van der Waals surface area contributed by atoms with Gasteiger partial charge in [0.1, 0.15) is 5.75 Å². The zero-order valence-electron chi connectivity index (χ0n) is 12.2. The Morgan fingerprint density at radius 2 is 2.05 bits per heavy atom. The fraction of sp³-hybridized carbons (Fsp3) is 0.533. The second-order valence-electron chi connectivity index (χ2n) is 5.18. The van der Waals surface area contributed by atoms with Crippen LogP contribution in [0.2, 0.25) is 0 Å². The van der Waals surface area contributed by atoms with Crippen molar-refractivity contribution in [2.45, 2.75) is 19.9 Å². The first-order valence-corrected chi connectivity index (χ1v) is 7.10. The zero-order valence-corrected chi connectivity index (χ0v) is 12.2. The SMILES string of the molecule is CCN1CCN(C(=O)COc2ccc(N)cc2)CC1C. The normalized spacial score (nSPS) is 19.9. The number of nitrogens with two attached hydrogens (primary N) is 1. The molecule has 110 valence electrons. The smallest absolute Gasteiger partial charge is 0.260 e. The number of hydrogen-bond acceptors (Lipinski definition) is 4. The number of ether oxygens (including phenoxy) is 1. The molecular weight excluding hydrogens is 254 g/mol. The average Bonchev–Trinajstić information content (AvgIpc) is 2.46. The predicted octanol–water partition coefficient (Wildman–Crippen LogP) is 1.20. The van der Waals surface area contributed by atoms with Gasteiger partial charge in [0.2, 0.25) is 0 Å². The highest BCUT2D eigenvalue weighted by Crippen LogP contribution is 2.14. The lowest BCUT2D eigenvalue weighted by Gasteiger charge is -2.39. The lowest BCUT2D eigenvalue weighted by molar-refractivity contribution is -0.136. The van der Waals surface area contributed by atoms with E-state index in [-0.39, 0.29) is 12.5 Å². The van der Waals surface area contributed by atoms with Gasteiger partial charge in [-0.1, -0.05) is 6.92 Å². The summed E-state index contributed by atoms with van der Waals surface area (Å²) in [6, 6.07) is 7.50. The predicted molar refractivity (Wildman–Crippen MR) is 79.6 cm³/mol. The lowest BCUT2D eigenvalue weighted by Crippen LogP contribution is -2.54. The minimum absolute atomic E-state index is 0.0458. The Morgan fingerprint density at radius 1 is 1.35 bits per heavy atom. The maximum Gasteiger partial charge on any atom is 0.260 e. The molecule has 2 N–H and O–H groups in total. The van der Waals surface area contributed by atoms with Gasteiger partial charge in [-0.25, -0.2) is 0 Å². The highest BCUT2D eigenvalue weighted by molar-refractivity contribution is 5.78. The van der Waals surface area contributed by atoms with E-state index in [2.05, 4.69) is 18.7 Å². The van der Waals surface area contributed by atoms with Crippen molar-refractivity contribution in [3.05, 3.63) is 24.3 Å². The highest BCUT2D eigenvalue weighted by Gasteiger charge is 2.25. The number of benzene rings is 1. The quantitative estimate of drug-likeness (QED) is 0.840. The van der Waals surface area contributed by atoms with E-state index in [1.165, 1.54) is 0 Å². The molecule has 0 bridgehead atoms. The lowest BCUT2D eigenvalue weighted by atomic mass is 10.2. The zero-order chi connectivity index (χ0) is 14.5. The van der Waals surface area contributed by atoms with Gasteiger partial charge in [0.15, 0.2) is 6.61 Å². The summed E-state index contributed by atoms with van der Waals surface area (Å²) in [5.41, 5.74) is 6.29. The summed E-state index contributed by atoms with van der Waals surface area (Å²) in [4.78, 5) is 16.4. The summed E-state index contributed by atoms with van der Waals surface area (Å²) >= 11 is 0. The first-order valence-electron chi connectivity index (χ1n) is 7.10.